The summed E-state index contributed by atoms with van der Waals surface area (Å²) < 4.78 is 12.0. The van der Waals surface area contributed by atoms with Gasteiger partial charge in [-0.1, -0.05) is 6.07 Å². The molecule has 1 aliphatic carbocycles. The van der Waals surface area contributed by atoms with Crippen LogP contribution in [0.5, 0.6) is 0 Å². The monoisotopic (exact) mass is 440 g/mol. The first kappa shape index (κ1) is 20.1. The molecule has 1 amide bonds. The molecule has 27 heavy (non-hydrogen) atoms. The average molecular weight is 441 g/mol. The van der Waals surface area contributed by atoms with Gasteiger partial charge < -0.3 is 19.5 Å². The number of halogens is 1. The van der Waals surface area contributed by atoms with Crippen LogP contribution in [0.4, 0.5) is 4.79 Å². The van der Waals surface area contributed by atoms with E-state index < -0.39 is 17.2 Å². The van der Waals surface area contributed by atoms with Gasteiger partial charge in [0.1, 0.15) is 16.8 Å². The number of ether oxygens (including phenoxy) is 2. The summed E-state index contributed by atoms with van der Waals surface area (Å²) >= 11 is 3.47. The molecule has 1 atom stereocenters. The van der Waals surface area contributed by atoms with Crippen molar-refractivity contribution in [3.63, 3.8) is 0 Å². The van der Waals surface area contributed by atoms with Crippen molar-refractivity contribution in [2.75, 3.05) is 19.7 Å². The highest BCUT2D eigenvalue weighted by Gasteiger charge is 2.57. The van der Waals surface area contributed by atoms with Crippen LogP contribution >= 0.6 is 15.9 Å². The van der Waals surface area contributed by atoms with E-state index >= 15 is 0 Å². The number of aliphatic carboxylic acids is 1. The molecule has 0 bridgehead atoms. The fraction of sp³-hybridized carbons (Fsp3) is 0.632. The number of carboxylic acids is 1. The lowest BCUT2D eigenvalue weighted by atomic mass is 9.76. The van der Waals surface area contributed by atoms with Crippen LogP contribution in [0.1, 0.15) is 45.6 Å². The maximum atomic E-state index is 12.3. The molecule has 7 nitrogen and oxygen atoms in total. The van der Waals surface area contributed by atoms with Gasteiger partial charge in [0.15, 0.2) is 0 Å². The van der Waals surface area contributed by atoms with Crippen molar-refractivity contribution >= 4 is 28.0 Å². The van der Waals surface area contributed by atoms with Crippen molar-refractivity contribution in [3.8, 4) is 0 Å². The van der Waals surface area contributed by atoms with Gasteiger partial charge in [0.25, 0.3) is 0 Å². The van der Waals surface area contributed by atoms with Gasteiger partial charge in [0.05, 0.1) is 5.60 Å². The Morgan fingerprint density at radius 3 is 2.63 bits per heavy atom. The maximum Gasteiger partial charge on any atom is 0.410 e. The number of nitrogens with zero attached hydrogens (tertiary/aromatic N) is 2. The Labute approximate surface area is 167 Å². The summed E-state index contributed by atoms with van der Waals surface area (Å²) in [6, 6.07) is 3.74. The molecule has 1 aromatic rings. The van der Waals surface area contributed by atoms with Crippen molar-refractivity contribution in [2.24, 2.45) is 5.41 Å². The smallest absolute Gasteiger partial charge is 0.410 e. The molecule has 1 spiro atoms. The van der Waals surface area contributed by atoms with E-state index in [1.807, 2.05) is 32.9 Å². The molecular weight excluding hydrogens is 416 g/mol. The molecule has 0 radical (unpaired) electrons. The van der Waals surface area contributed by atoms with Crippen molar-refractivity contribution in [1.82, 2.24) is 9.88 Å². The highest BCUT2D eigenvalue weighted by Crippen LogP contribution is 2.56. The number of carbonyl (C=O) groups is 2. The predicted octanol–water partition coefficient (Wildman–Crippen LogP) is 3.56. The van der Waals surface area contributed by atoms with Crippen LogP contribution in [0.15, 0.2) is 22.9 Å². The molecule has 2 aliphatic rings. The number of carboxylic acid groups (broad SMARTS) is 1. The molecule has 2 fully saturated rings. The summed E-state index contributed by atoms with van der Waals surface area (Å²) in [6.45, 7) is 6.37. The van der Waals surface area contributed by atoms with Crippen molar-refractivity contribution < 1.29 is 24.2 Å². The van der Waals surface area contributed by atoms with E-state index in [0.717, 1.165) is 12.0 Å². The molecular formula is C19H25BrN2O5. The largest absolute Gasteiger partial charge is 0.480 e. The van der Waals surface area contributed by atoms with Gasteiger partial charge in [-0.05, 0) is 62.0 Å². The first-order valence-electron chi connectivity index (χ1n) is 8.99. The number of likely N-dealkylation sites (tertiary alicyclic amines) is 1. The first-order chi connectivity index (χ1) is 12.5. The Morgan fingerprint density at radius 1 is 1.33 bits per heavy atom. The summed E-state index contributed by atoms with van der Waals surface area (Å²) in [4.78, 5) is 29.4. The predicted molar refractivity (Wildman–Crippen MR) is 101 cm³/mol. The van der Waals surface area contributed by atoms with Gasteiger partial charge >= 0.3 is 12.1 Å². The van der Waals surface area contributed by atoms with Crippen LogP contribution in [-0.2, 0) is 19.9 Å². The second-order valence-corrected chi connectivity index (χ2v) is 9.28. The van der Waals surface area contributed by atoms with Gasteiger partial charge in [0, 0.05) is 30.3 Å². The van der Waals surface area contributed by atoms with E-state index in [1.165, 1.54) is 0 Å². The minimum absolute atomic E-state index is 0.0787. The van der Waals surface area contributed by atoms with Crippen LogP contribution in [0.3, 0.4) is 0 Å². The number of rotatable bonds is 4. The Balaban J connectivity index is 1.75. The second-order valence-electron chi connectivity index (χ2n) is 8.53. The Morgan fingerprint density at radius 2 is 2.04 bits per heavy atom. The van der Waals surface area contributed by atoms with E-state index in [2.05, 4.69) is 20.9 Å². The van der Waals surface area contributed by atoms with Crippen molar-refractivity contribution in [1.29, 1.82) is 0 Å². The van der Waals surface area contributed by atoms with Gasteiger partial charge in [-0.25, -0.2) is 14.6 Å². The van der Waals surface area contributed by atoms with Gasteiger partial charge in [-0.2, -0.15) is 0 Å². The fourth-order valence-electron chi connectivity index (χ4n) is 4.10. The highest BCUT2D eigenvalue weighted by molar-refractivity contribution is 9.10. The van der Waals surface area contributed by atoms with Crippen LogP contribution in [-0.4, -0.2) is 52.4 Å². The third-order valence-corrected chi connectivity index (χ3v) is 5.78. The molecule has 1 N–H and O–H groups in total. The number of hydrogen-bond acceptors (Lipinski definition) is 5. The second kappa shape index (κ2) is 7.05. The zero-order valence-electron chi connectivity index (χ0n) is 15.8. The lowest BCUT2D eigenvalue weighted by Crippen LogP contribution is -2.58. The summed E-state index contributed by atoms with van der Waals surface area (Å²) in [7, 11) is 0. The number of aromatic nitrogens is 1. The third kappa shape index (κ3) is 4.27. The molecule has 1 saturated carbocycles. The standard InChI is InChI=1S/C19H25BrN2O5/c1-17(2,3)27-16(25)22-11-18(12-22)6-7-19(10-18,26-9-14(23)24)13-5-4-8-21-15(13)20/h4-5,8H,6-7,9-12H2,1-3H3,(H,23,24). The molecule has 1 aromatic heterocycles. The topological polar surface area (TPSA) is 89.0 Å². The van der Waals surface area contributed by atoms with Gasteiger partial charge in [-0.15, -0.1) is 0 Å². The van der Waals surface area contributed by atoms with Gasteiger partial charge in [0.2, 0.25) is 0 Å². The van der Waals surface area contributed by atoms with E-state index in [1.54, 1.807) is 11.1 Å². The molecule has 1 unspecified atom stereocenters. The minimum Gasteiger partial charge on any atom is -0.480 e. The number of carbonyl (C=O) groups excluding carboxylic acids is 1. The fourth-order valence-corrected chi connectivity index (χ4v) is 4.71. The summed E-state index contributed by atoms with van der Waals surface area (Å²) in [6.07, 6.45) is 3.56. The lowest BCUT2D eigenvalue weighted by molar-refractivity contribution is -0.152. The maximum absolute atomic E-state index is 12.3. The first-order valence-corrected chi connectivity index (χ1v) is 9.78. The normalized spacial score (nSPS) is 23.9. The molecule has 1 saturated heterocycles. The van der Waals surface area contributed by atoms with Crippen LogP contribution in [0.2, 0.25) is 0 Å². The SMILES string of the molecule is CC(C)(C)OC(=O)N1CC2(CCC(OCC(=O)O)(c3cccnc3Br)C2)C1. The molecule has 8 heteroatoms. The van der Waals surface area contributed by atoms with Gasteiger partial charge in [-0.3, -0.25) is 0 Å². The molecule has 148 valence electrons. The summed E-state index contributed by atoms with van der Waals surface area (Å²) in [5.74, 6) is -1.00. The zero-order valence-corrected chi connectivity index (χ0v) is 17.4. The molecule has 1 aliphatic heterocycles. The van der Waals surface area contributed by atoms with Crippen LogP contribution in [0.25, 0.3) is 0 Å². The quantitative estimate of drug-likeness (QED) is 0.719. The van der Waals surface area contributed by atoms with Crippen LogP contribution in [0, 0.1) is 5.41 Å². The Kier molecular flexibility index (Phi) is 5.24. The number of hydrogen-bond donors (Lipinski definition) is 1. The number of pyridine rings is 1. The Bertz CT molecular complexity index is 742. The van der Waals surface area contributed by atoms with Crippen molar-refractivity contribution in [2.45, 2.75) is 51.2 Å². The van der Waals surface area contributed by atoms with Crippen molar-refractivity contribution in [3.05, 3.63) is 28.5 Å². The van der Waals surface area contributed by atoms with Crippen LogP contribution < -0.4 is 0 Å². The Hall–Kier alpha value is -1.67. The molecule has 0 aromatic carbocycles. The molecule has 3 rings (SSSR count). The average Bonchev–Trinajstić information content (AvgIpc) is 2.92. The molecule has 2 heterocycles. The summed E-state index contributed by atoms with van der Waals surface area (Å²) in [5, 5.41) is 9.11. The van der Waals surface area contributed by atoms with E-state index in [0.29, 0.717) is 30.5 Å². The zero-order chi connectivity index (χ0) is 19.9. The third-order valence-electron chi connectivity index (χ3n) is 5.15. The highest BCUT2D eigenvalue weighted by atomic mass is 79.9. The number of amides is 1. The van der Waals surface area contributed by atoms with E-state index in [9.17, 15) is 9.59 Å². The van der Waals surface area contributed by atoms with E-state index in [4.69, 9.17) is 14.6 Å². The lowest BCUT2D eigenvalue weighted by Gasteiger charge is -2.49. The van der Waals surface area contributed by atoms with E-state index in [-0.39, 0.29) is 18.1 Å². The minimum atomic E-state index is -1.00. The summed E-state index contributed by atoms with van der Waals surface area (Å²) in [5.41, 5.74) is -0.459.